The molecule has 0 amide bonds. The van der Waals surface area contributed by atoms with Crippen molar-refractivity contribution in [1.82, 2.24) is 9.97 Å². The maximum atomic E-state index is 5.04. The van der Waals surface area contributed by atoms with Crippen molar-refractivity contribution in [2.24, 2.45) is 0 Å². The fourth-order valence-electron chi connectivity index (χ4n) is 5.04. The number of hydrogen-bond acceptors (Lipinski definition) is 2. The zero-order chi connectivity index (χ0) is 22.5. The fourth-order valence-corrected chi connectivity index (χ4v) is 5.04. The first-order valence-electron chi connectivity index (χ1n) is 11.5. The Hall–Kier alpha value is -4.56. The van der Waals surface area contributed by atoms with Crippen LogP contribution in [0.1, 0.15) is 0 Å². The molecule has 2 nitrogen and oxygen atoms in total. The van der Waals surface area contributed by atoms with Crippen LogP contribution in [0.25, 0.3) is 66.9 Å². The lowest BCUT2D eigenvalue weighted by molar-refractivity contribution is 1.18. The highest BCUT2D eigenvalue weighted by Gasteiger charge is 2.22. The lowest BCUT2D eigenvalue weighted by Gasteiger charge is -2.11. The van der Waals surface area contributed by atoms with Gasteiger partial charge in [0.25, 0.3) is 0 Å². The highest BCUT2D eigenvalue weighted by atomic mass is 14.9. The largest absolute Gasteiger partial charge is 0.228 e. The van der Waals surface area contributed by atoms with E-state index in [2.05, 4.69) is 84.9 Å². The van der Waals surface area contributed by atoms with Crippen molar-refractivity contribution in [3.8, 4) is 56.2 Å². The van der Waals surface area contributed by atoms with Crippen molar-refractivity contribution >= 4 is 10.8 Å². The number of nitrogens with zero attached hydrogens (tertiary/aromatic N) is 2. The predicted molar refractivity (Wildman–Crippen MR) is 140 cm³/mol. The minimum absolute atomic E-state index is 0.744. The van der Waals surface area contributed by atoms with E-state index in [1.807, 2.05) is 36.4 Å². The molecular weight excluding hydrogens is 412 g/mol. The van der Waals surface area contributed by atoms with E-state index in [9.17, 15) is 0 Å². The van der Waals surface area contributed by atoms with E-state index in [0.717, 1.165) is 33.9 Å². The highest BCUT2D eigenvalue weighted by Crippen LogP contribution is 2.48. The van der Waals surface area contributed by atoms with Crippen molar-refractivity contribution in [1.29, 1.82) is 0 Å². The van der Waals surface area contributed by atoms with Crippen molar-refractivity contribution < 1.29 is 0 Å². The van der Waals surface area contributed by atoms with Gasteiger partial charge in [0, 0.05) is 16.7 Å². The average Bonchev–Trinajstić information content (AvgIpc) is 3.24. The summed E-state index contributed by atoms with van der Waals surface area (Å²) in [4.78, 5) is 10.1. The molecule has 0 unspecified atom stereocenters. The van der Waals surface area contributed by atoms with Crippen LogP contribution in [0.4, 0.5) is 0 Å². The van der Waals surface area contributed by atoms with Gasteiger partial charge in [0.1, 0.15) is 0 Å². The van der Waals surface area contributed by atoms with Gasteiger partial charge in [-0.1, -0.05) is 103 Å². The van der Waals surface area contributed by atoms with Gasteiger partial charge in [-0.2, -0.15) is 0 Å². The Bertz CT molecular complexity index is 1630. The second-order valence-corrected chi connectivity index (χ2v) is 8.67. The van der Waals surface area contributed by atoms with Gasteiger partial charge in [0.05, 0.1) is 11.4 Å². The van der Waals surface area contributed by atoms with E-state index >= 15 is 0 Å². The first-order chi connectivity index (χ1) is 16.8. The summed E-state index contributed by atoms with van der Waals surface area (Å²) >= 11 is 0. The zero-order valence-corrected chi connectivity index (χ0v) is 18.4. The van der Waals surface area contributed by atoms with E-state index in [1.165, 1.54) is 33.0 Å². The molecule has 0 atom stereocenters. The van der Waals surface area contributed by atoms with Crippen molar-refractivity contribution in [2.75, 3.05) is 0 Å². The Kier molecular flexibility index (Phi) is 4.18. The first-order valence-corrected chi connectivity index (χ1v) is 11.5. The van der Waals surface area contributed by atoms with Crippen LogP contribution < -0.4 is 0 Å². The van der Waals surface area contributed by atoms with Gasteiger partial charge in [-0.25, -0.2) is 9.97 Å². The smallest absolute Gasteiger partial charge is 0.160 e. The van der Waals surface area contributed by atoms with Gasteiger partial charge in [0.2, 0.25) is 0 Å². The van der Waals surface area contributed by atoms with E-state index < -0.39 is 0 Å². The second kappa shape index (κ2) is 7.50. The molecule has 0 spiro atoms. The molecule has 1 heterocycles. The van der Waals surface area contributed by atoms with Crippen LogP contribution in [0, 0.1) is 0 Å². The molecule has 0 saturated carbocycles. The van der Waals surface area contributed by atoms with Crippen molar-refractivity contribution in [2.45, 2.75) is 0 Å². The summed E-state index contributed by atoms with van der Waals surface area (Å²) in [6.07, 6.45) is 0. The van der Waals surface area contributed by atoms with Crippen LogP contribution in [0.5, 0.6) is 0 Å². The molecule has 5 aromatic carbocycles. The van der Waals surface area contributed by atoms with E-state index in [-0.39, 0.29) is 0 Å². The summed E-state index contributed by atoms with van der Waals surface area (Å²) in [6, 6.07) is 42.4. The minimum atomic E-state index is 0.744. The van der Waals surface area contributed by atoms with Crippen LogP contribution in [0.15, 0.2) is 121 Å². The van der Waals surface area contributed by atoms with Crippen LogP contribution in [0.3, 0.4) is 0 Å². The maximum Gasteiger partial charge on any atom is 0.160 e. The van der Waals surface area contributed by atoms with E-state index in [0.29, 0.717) is 0 Å². The number of fused-ring (bicyclic) bond motifs is 3. The molecule has 0 fully saturated rings. The molecule has 2 heteroatoms. The Morgan fingerprint density at radius 1 is 0.382 bits per heavy atom. The predicted octanol–water partition coefficient (Wildman–Crippen LogP) is 8.28. The van der Waals surface area contributed by atoms with Gasteiger partial charge in [-0.05, 0) is 51.2 Å². The summed E-state index contributed by atoms with van der Waals surface area (Å²) in [5.74, 6) is 0.744. The lowest BCUT2D eigenvalue weighted by Crippen LogP contribution is -1.96. The van der Waals surface area contributed by atoms with Crippen LogP contribution in [-0.2, 0) is 0 Å². The molecule has 1 aliphatic carbocycles. The monoisotopic (exact) mass is 432 g/mol. The third-order valence-electron chi connectivity index (χ3n) is 6.61. The van der Waals surface area contributed by atoms with Gasteiger partial charge in [0.15, 0.2) is 5.82 Å². The third kappa shape index (κ3) is 2.96. The van der Waals surface area contributed by atoms with Crippen LogP contribution in [0.2, 0.25) is 0 Å². The average molecular weight is 433 g/mol. The molecule has 0 saturated heterocycles. The van der Waals surface area contributed by atoms with Crippen LogP contribution >= 0.6 is 0 Å². The molecule has 1 aliphatic rings. The highest BCUT2D eigenvalue weighted by molar-refractivity contribution is 6.16. The van der Waals surface area contributed by atoms with Gasteiger partial charge in [-0.15, -0.1) is 0 Å². The summed E-state index contributed by atoms with van der Waals surface area (Å²) in [7, 11) is 0. The minimum Gasteiger partial charge on any atom is -0.228 e. The first kappa shape index (κ1) is 19.0. The van der Waals surface area contributed by atoms with Crippen molar-refractivity contribution in [3.05, 3.63) is 121 Å². The number of rotatable bonds is 3. The Morgan fingerprint density at radius 2 is 0.941 bits per heavy atom. The second-order valence-electron chi connectivity index (χ2n) is 8.67. The lowest BCUT2D eigenvalue weighted by atomic mass is 9.99. The molecule has 0 aliphatic heterocycles. The number of aromatic nitrogens is 2. The van der Waals surface area contributed by atoms with Crippen LogP contribution in [-0.4, -0.2) is 9.97 Å². The van der Waals surface area contributed by atoms with E-state index in [4.69, 9.17) is 9.97 Å². The molecule has 34 heavy (non-hydrogen) atoms. The molecule has 158 valence electrons. The summed E-state index contributed by atoms with van der Waals surface area (Å²) < 4.78 is 0. The molecule has 0 radical (unpaired) electrons. The summed E-state index contributed by atoms with van der Waals surface area (Å²) in [6.45, 7) is 0. The Balaban J connectivity index is 1.49. The molecule has 0 N–H and O–H groups in total. The zero-order valence-electron chi connectivity index (χ0n) is 18.4. The molecule has 7 rings (SSSR count). The summed E-state index contributed by atoms with van der Waals surface area (Å²) in [5, 5.41) is 2.53. The normalized spacial score (nSPS) is 11.5. The topological polar surface area (TPSA) is 25.8 Å². The van der Waals surface area contributed by atoms with Crippen molar-refractivity contribution in [3.63, 3.8) is 0 Å². The van der Waals surface area contributed by atoms with Gasteiger partial charge >= 0.3 is 0 Å². The Morgan fingerprint density at radius 3 is 1.59 bits per heavy atom. The molecule has 0 bridgehead atoms. The molecular formula is C32H20N2. The number of benzene rings is 5. The maximum absolute atomic E-state index is 5.04. The van der Waals surface area contributed by atoms with Gasteiger partial charge in [-0.3, -0.25) is 0 Å². The Labute approximate surface area is 198 Å². The molecule has 6 aromatic rings. The van der Waals surface area contributed by atoms with E-state index in [1.54, 1.807) is 0 Å². The standard InChI is InChI=1S/C32H20N2/c1-3-10-21(11-4-1)29-20-30(22-12-5-2-6-13-22)34-32(33-29)24-18-23-14-9-17-27-25-15-7-8-16-26(25)28(19-24)31(23)27/h1-20H. The fraction of sp³-hybridized carbons (Fsp3) is 0. The molecule has 1 aromatic heterocycles. The quantitative estimate of drug-likeness (QED) is 0.281. The van der Waals surface area contributed by atoms with Gasteiger partial charge < -0.3 is 0 Å². The number of hydrogen-bond donors (Lipinski definition) is 0. The third-order valence-corrected chi connectivity index (χ3v) is 6.61. The summed E-state index contributed by atoms with van der Waals surface area (Å²) in [5.41, 5.74) is 10.2. The SMILES string of the molecule is c1ccc(-c2cc(-c3ccccc3)nc(-c3cc4c5c(cccc5c3)-c3ccccc3-4)n2)cc1.